The van der Waals surface area contributed by atoms with Crippen LogP contribution in [0.5, 0.6) is 5.75 Å². The molecule has 0 aliphatic rings. The molecule has 2 aromatic rings. The first-order valence-corrected chi connectivity index (χ1v) is 4.94. The van der Waals surface area contributed by atoms with E-state index in [0.29, 0.717) is 5.82 Å². The Bertz CT molecular complexity index is 519. The highest BCUT2D eigenvalue weighted by Gasteiger charge is 2.09. The minimum Gasteiger partial charge on any atom is -0.497 e. The lowest BCUT2D eigenvalue weighted by Gasteiger charge is -2.04. The molecule has 17 heavy (non-hydrogen) atoms. The van der Waals surface area contributed by atoms with Crippen LogP contribution in [0.25, 0.3) is 11.4 Å². The third kappa shape index (κ3) is 2.41. The Balaban J connectivity index is 2.32. The van der Waals surface area contributed by atoms with Gasteiger partial charge in [0.1, 0.15) is 18.6 Å². The lowest BCUT2D eigenvalue weighted by atomic mass is 10.2. The van der Waals surface area contributed by atoms with Crippen LogP contribution in [-0.4, -0.2) is 33.0 Å². The summed E-state index contributed by atoms with van der Waals surface area (Å²) in [6.07, 6.45) is 1.40. The standard InChI is InChI=1S/C11H11N3O3/c1-17-9-4-2-8(3-5-9)11-13-12-7-14(11)6-10(15)16/h2-5,7H,6H2,1H3,(H,15,16). The quantitative estimate of drug-likeness (QED) is 0.853. The molecule has 6 heteroatoms. The molecule has 0 atom stereocenters. The molecular formula is C11H11N3O3. The van der Waals surface area contributed by atoms with E-state index in [-0.39, 0.29) is 6.54 Å². The lowest BCUT2D eigenvalue weighted by Crippen LogP contribution is -2.09. The van der Waals surface area contributed by atoms with Crippen molar-refractivity contribution < 1.29 is 14.6 Å². The van der Waals surface area contributed by atoms with E-state index in [9.17, 15) is 4.79 Å². The first-order valence-electron chi connectivity index (χ1n) is 4.94. The van der Waals surface area contributed by atoms with Gasteiger partial charge in [0.2, 0.25) is 0 Å². The third-order valence-corrected chi connectivity index (χ3v) is 2.27. The van der Waals surface area contributed by atoms with Crippen molar-refractivity contribution in [2.45, 2.75) is 6.54 Å². The normalized spacial score (nSPS) is 10.2. The van der Waals surface area contributed by atoms with E-state index in [2.05, 4.69) is 10.2 Å². The molecule has 1 N–H and O–H groups in total. The van der Waals surface area contributed by atoms with Gasteiger partial charge in [-0.05, 0) is 24.3 Å². The van der Waals surface area contributed by atoms with Gasteiger partial charge in [-0.2, -0.15) is 0 Å². The molecule has 1 aromatic carbocycles. The number of rotatable bonds is 4. The Morgan fingerprint density at radius 3 is 2.71 bits per heavy atom. The van der Waals surface area contributed by atoms with Crippen molar-refractivity contribution in [2.24, 2.45) is 0 Å². The van der Waals surface area contributed by atoms with Crippen LogP contribution < -0.4 is 4.74 Å². The van der Waals surface area contributed by atoms with Crippen LogP contribution in [0.2, 0.25) is 0 Å². The Morgan fingerprint density at radius 2 is 2.12 bits per heavy atom. The second-order valence-electron chi connectivity index (χ2n) is 3.40. The first kappa shape index (κ1) is 11.1. The van der Waals surface area contributed by atoms with Crippen LogP contribution in [0, 0.1) is 0 Å². The minimum absolute atomic E-state index is 0.158. The fraction of sp³-hybridized carbons (Fsp3) is 0.182. The Morgan fingerprint density at radius 1 is 1.41 bits per heavy atom. The molecule has 0 amide bonds. The van der Waals surface area contributed by atoms with Crippen molar-refractivity contribution in [2.75, 3.05) is 7.11 Å². The van der Waals surface area contributed by atoms with Gasteiger partial charge in [-0.15, -0.1) is 10.2 Å². The summed E-state index contributed by atoms with van der Waals surface area (Å²) in [5.41, 5.74) is 0.796. The number of methoxy groups -OCH3 is 1. The predicted octanol–water partition coefficient (Wildman–Crippen LogP) is 1.04. The summed E-state index contributed by atoms with van der Waals surface area (Å²) < 4.78 is 6.52. The van der Waals surface area contributed by atoms with E-state index in [1.807, 2.05) is 0 Å². The van der Waals surface area contributed by atoms with E-state index < -0.39 is 5.97 Å². The zero-order valence-corrected chi connectivity index (χ0v) is 9.20. The van der Waals surface area contributed by atoms with Gasteiger partial charge in [0.15, 0.2) is 5.82 Å². The van der Waals surface area contributed by atoms with Crippen molar-refractivity contribution in [1.82, 2.24) is 14.8 Å². The predicted molar refractivity (Wildman–Crippen MR) is 59.6 cm³/mol. The number of ether oxygens (including phenoxy) is 1. The van der Waals surface area contributed by atoms with Gasteiger partial charge in [-0.3, -0.25) is 4.79 Å². The van der Waals surface area contributed by atoms with Crippen LogP contribution in [0.1, 0.15) is 0 Å². The smallest absolute Gasteiger partial charge is 0.323 e. The maximum absolute atomic E-state index is 10.7. The molecule has 0 saturated heterocycles. The summed E-state index contributed by atoms with van der Waals surface area (Å²) in [5, 5.41) is 16.4. The van der Waals surface area contributed by atoms with E-state index in [1.54, 1.807) is 31.4 Å². The molecule has 0 saturated carbocycles. The summed E-state index contributed by atoms with van der Waals surface area (Å²) >= 11 is 0. The summed E-state index contributed by atoms with van der Waals surface area (Å²) in [7, 11) is 1.59. The lowest BCUT2D eigenvalue weighted by molar-refractivity contribution is -0.137. The van der Waals surface area contributed by atoms with Gasteiger partial charge in [0.05, 0.1) is 7.11 Å². The highest BCUT2D eigenvalue weighted by molar-refractivity contribution is 5.68. The van der Waals surface area contributed by atoms with Crippen LogP contribution in [0.15, 0.2) is 30.6 Å². The second kappa shape index (κ2) is 4.65. The topological polar surface area (TPSA) is 77.2 Å². The molecule has 0 fully saturated rings. The van der Waals surface area contributed by atoms with Crippen molar-refractivity contribution >= 4 is 5.97 Å². The maximum Gasteiger partial charge on any atom is 0.323 e. The van der Waals surface area contributed by atoms with E-state index in [0.717, 1.165) is 11.3 Å². The Hall–Kier alpha value is -2.37. The highest BCUT2D eigenvalue weighted by Crippen LogP contribution is 2.20. The summed E-state index contributed by atoms with van der Waals surface area (Å²) in [6, 6.07) is 7.19. The number of hydrogen-bond donors (Lipinski definition) is 1. The van der Waals surface area contributed by atoms with Crippen LogP contribution in [-0.2, 0) is 11.3 Å². The number of hydrogen-bond acceptors (Lipinski definition) is 4. The Labute approximate surface area is 97.5 Å². The minimum atomic E-state index is -0.931. The molecule has 0 unspecified atom stereocenters. The summed E-state index contributed by atoms with van der Waals surface area (Å²) in [4.78, 5) is 10.7. The zero-order chi connectivity index (χ0) is 12.3. The Kier molecular flexibility index (Phi) is 3.04. The zero-order valence-electron chi connectivity index (χ0n) is 9.20. The second-order valence-corrected chi connectivity index (χ2v) is 3.40. The summed E-state index contributed by atoms with van der Waals surface area (Å²) in [6.45, 7) is -0.158. The van der Waals surface area contributed by atoms with Crippen molar-refractivity contribution in [3.8, 4) is 17.1 Å². The molecule has 0 aliphatic heterocycles. The van der Waals surface area contributed by atoms with Gasteiger partial charge in [-0.1, -0.05) is 0 Å². The van der Waals surface area contributed by atoms with Crippen molar-refractivity contribution in [3.63, 3.8) is 0 Å². The number of benzene rings is 1. The summed E-state index contributed by atoms with van der Waals surface area (Å²) in [5.74, 6) is 0.327. The molecule has 0 aliphatic carbocycles. The molecule has 1 aromatic heterocycles. The molecule has 88 valence electrons. The van der Waals surface area contributed by atoms with E-state index in [1.165, 1.54) is 10.9 Å². The molecule has 0 radical (unpaired) electrons. The fourth-order valence-corrected chi connectivity index (χ4v) is 1.48. The molecule has 1 heterocycles. The van der Waals surface area contributed by atoms with Crippen molar-refractivity contribution in [3.05, 3.63) is 30.6 Å². The largest absolute Gasteiger partial charge is 0.497 e. The highest BCUT2D eigenvalue weighted by atomic mass is 16.5. The monoisotopic (exact) mass is 233 g/mol. The van der Waals surface area contributed by atoms with Gasteiger partial charge in [0.25, 0.3) is 0 Å². The van der Waals surface area contributed by atoms with E-state index in [4.69, 9.17) is 9.84 Å². The third-order valence-electron chi connectivity index (χ3n) is 2.27. The van der Waals surface area contributed by atoms with Gasteiger partial charge < -0.3 is 14.4 Å². The van der Waals surface area contributed by atoms with Crippen LogP contribution in [0.3, 0.4) is 0 Å². The molecule has 2 rings (SSSR count). The number of aromatic nitrogens is 3. The number of carboxylic acid groups (broad SMARTS) is 1. The van der Waals surface area contributed by atoms with E-state index >= 15 is 0 Å². The van der Waals surface area contributed by atoms with Crippen LogP contribution in [0.4, 0.5) is 0 Å². The molecule has 0 spiro atoms. The number of carboxylic acids is 1. The average molecular weight is 233 g/mol. The average Bonchev–Trinajstić information content (AvgIpc) is 2.76. The maximum atomic E-state index is 10.7. The molecule has 0 bridgehead atoms. The number of nitrogens with zero attached hydrogens (tertiary/aromatic N) is 3. The van der Waals surface area contributed by atoms with Crippen molar-refractivity contribution in [1.29, 1.82) is 0 Å². The molecule has 6 nitrogen and oxygen atoms in total. The number of aliphatic carboxylic acids is 1. The fourth-order valence-electron chi connectivity index (χ4n) is 1.48. The SMILES string of the molecule is COc1ccc(-c2nncn2CC(=O)O)cc1. The van der Waals surface area contributed by atoms with Crippen LogP contribution >= 0.6 is 0 Å². The van der Waals surface area contributed by atoms with Gasteiger partial charge in [0, 0.05) is 5.56 Å². The van der Waals surface area contributed by atoms with Gasteiger partial charge in [-0.25, -0.2) is 0 Å². The van der Waals surface area contributed by atoms with Gasteiger partial charge >= 0.3 is 5.97 Å². The molecular weight excluding hydrogens is 222 g/mol. The number of carbonyl (C=O) groups is 1. The first-order chi connectivity index (χ1) is 8.20.